The predicted octanol–water partition coefficient (Wildman–Crippen LogP) is 3.42. The SMILES string of the molecule is C#CCOc1ccc(NC(=O)N(C)C[C@H](C)c2nccs2)cc1. The van der Waals surface area contributed by atoms with E-state index in [1.165, 1.54) is 0 Å². The van der Waals surface area contributed by atoms with Crippen LogP contribution in [0.3, 0.4) is 0 Å². The summed E-state index contributed by atoms with van der Waals surface area (Å²) in [7, 11) is 1.77. The van der Waals surface area contributed by atoms with Crippen LogP contribution in [0.4, 0.5) is 10.5 Å². The van der Waals surface area contributed by atoms with Crippen LogP contribution in [0.25, 0.3) is 0 Å². The molecule has 0 fully saturated rings. The fourth-order valence-electron chi connectivity index (χ4n) is 2.03. The molecule has 0 aliphatic heterocycles. The van der Waals surface area contributed by atoms with Gasteiger partial charge in [-0.1, -0.05) is 12.8 Å². The molecule has 6 heteroatoms. The monoisotopic (exact) mass is 329 g/mol. The fraction of sp³-hybridized carbons (Fsp3) is 0.294. The Labute approximate surface area is 140 Å². The van der Waals surface area contributed by atoms with Crippen molar-refractivity contribution in [3.05, 3.63) is 40.8 Å². The number of carbonyl (C=O) groups excluding carboxylic acids is 1. The van der Waals surface area contributed by atoms with E-state index in [9.17, 15) is 4.79 Å². The maximum atomic E-state index is 12.2. The summed E-state index contributed by atoms with van der Waals surface area (Å²) in [6, 6.07) is 6.94. The molecule has 5 nitrogen and oxygen atoms in total. The number of rotatable bonds is 6. The van der Waals surface area contributed by atoms with Crippen LogP contribution >= 0.6 is 11.3 Å². The zero-order valence-electron chi connectivity index (χ0n) is 13.2. The Balaban J connectivity index is 1.87. The molecule has 0 bridgehead atoms. The third-order valence-corrected chi connectivity index (χ3v) is 4.20. The molecule has 0 unspecified atom stereocenters. The molecule has 2 rings (SSSR count). The first-order chi connectivity index (χ1) is 11.1. The molecule has 0 saturated heterocycles. The number of benzene rings is 1. The van der Waals surface area contributed by atoms with Crippen LogP contribution in [-0.4, -0.2) is 36.1 Å². The van der Waals surface area contributed by atoms with Crippen LogP contribution in [0.15, 0.2) is 35.8 Å². The highest BCUT2D eigenvalue weighted by Gasteiger charge is 2.15. The van der Waals surface area contributed by atoms with Gasteiger partial charge < -0.3 is 15.0 Å². The predicted molar refractivity (Wildman–Crippen MR) is 92.9 cm³/mol. The first-order valence-corrected chi connectivity index (χ1v) is 8.06. The minimum atomic E-state index is -0.161. The molecule has 0 aliphatic carbocycles. The maximum absolute atomic E-state index is 12.2. The average molecular weight is 329 g/mol. The van der Waals surface area contributed by atoms with Gasteiger partial charge >= 0.3 is 6.03 Å². The smallest absolute Gasteiger partial charge is 0.321 e. The van der Waals surface area contributed by atoms with E-state index in [-0.39, 0.29) is 18.6 Å². The minimum absolute atomic E-state index is 0.161. The van der Waals surface area contributed by atoms with E-state index in [4.69, 9.17) is 11.2 Å². The van der Waals surface area contributed by atoms with E-state index in [1.54, 1.807) is 53.7 Å². The lowest BCUT2D eigenvalue weighted by Crippen LogP contribution is -2.34. The molecule has 0 saturated carbocycles. The van der Waals surface area contributed by atoms with Gasteiger partial charge in [0, 0.05) is 36.8 Å². The van der Waals surface area contributed by atoms with Gasteiger partial charge in [-0.3, -0.25) is 0 Å². The molecular weight excluding hydrogens is 310 g/mol. The van der Waals surface area contributed by atoms with Gasteiger partial charge in [0.25, 0.3) is 0 Å². The lowest BCUT2D eigenvalue weighted by atomic mass is 10.2. The van der Waals surface area contributed by atoms with Crippen LogP contribution in [0.1, 0.15) is 17.8 Å². The van der Waals surface area contributed by atoms with Crippen LogP contribution < -0.4 is 10.1 Å². The van der Waals surface area contributed by atoms with Crippen LogP contribution in [0.5, 0.6) is 5.75 Å². The largest absolute Gasteiger partial charge is 0.481 e. The molecular formula is C17H19N3O2S. The van der Waals surface area contributed by atoms with Crippen molar-refractivity contribution in [2.45, 2.75) is 12.8 Å². The van der Waals surface area contributed by atoms with Gasteiger partial charge in [0.1, 0.15) is 12.4 Å². The Hall–Kier alpha value is -2.52. The molecule has 120 valence electrons. The number of terminal acetylenes is 1. The topological polar surface area (TPSA) is 54.5 Å². The number of amides is 2. The number of aromatic nitrogens is 1. The third-order valence-electron chi connectivity index (χ3n) is 3.20. The zero-order valence-corrected chi connectivity index (χ0v) is 14.0. The highest BCUT2D eigenvalue weighted by atomic mass is 32.1. The van der Waals surface area contributed by atoms with Crippen molar-refractivity contribution >= 4 is 23.1 Å². The summed E-state index contributed by atoms with van der Waals surface area (Å²) in [5.41, 5.74) is 0.705. The van der Waals surface area contributed by atoms with Crippen molar-refractivity contribution in [1.82, 2.24) is 9.88 Å². The number of thiazole rings is 1. The van der Waals surface area contributed by atoms with Crippen LogP contribution in [-0.2, 0) is 0 Å². The molecule has 1 atom stereocenters. The van der Waals surface area contributed by atoms with E-state index < -0.39 is 0 Å². The number of likely N-dealkylation sites (N-methyl/N-ethyl adjacent to an activating group) is 1. The summed E-state index contributed by atoms with van der Waals surface area (Å²) in [6.07, 6.45) is 6.92. The number of carbonyl (C=O) groups is 1. The highest BCUT2D eigenvalue weighted by molar-refractivity contribution is 7.09. The Morgan fingerprint density at radius 3 is 2.83 bits per heavy atom. The Morgan fingerprint density at radius 2 is 2.22 bits per heavy atom. The minimum Gasteiger partial charge on any atom is -0.481 e. The summed E-state index contributed by atoms with van der Waals surface area (Å²) in [5, 5.41) is 5.82. The molecule has 23 heavy (non-hydrogen) atoms. The standard InChI is InChI=1S/C17H19N3O2S/c1-4-10-22-15-7-5-14(6-8-15)19-17(21)20(3)12-13(2)16-18-9-11-23-16/h1,5-9,11,13H,10,12H2,2-3H3,(H,19,21)/t13-/m0/s1. The van der Waals surface area contributed by atoms with Gasteiger partial charge in [-0.2, -0.15) is 0 Å². The second kappa shape index (κ2) is 8.20. The zero-order chi connectivity index (χ0) is 16.7. The summed E-state index contributed by atoms with van der Waals surface area (Å²) in [6.45, 7) is 2.88. The van der Waals surface area contributed by atoms with E-state index in [1.807, 2.05) is 5.38 Å². The number of ether oxygens (including phenoxy) is 1. The summed E-state index contributed by atoms with van der Waals surface area (Å²) in [4.78, 5) is 18.1. The highest BCUT2D eigenvalue weighted by Crippen LogP contribution is 2.19. The van der Waals surface area contributed by atoms with Crippen molar-refractivity contribution in [3.8, 4) is 18.1 Å². The van der Waals surface area contributed by atoms with Crippen molar-refractivity contribution in [2.24, 2.45) is 0 Å². The molecule has 0 radical (unpaired) electrons. The first-order valence-electron chi connectivity index (χ1n) is 7.18. The lowest BCUT2D eigenvalue weighted by molar-refractivity contribution is 0.220. The maximum Gasteiger partial charge on any atom is 0.321 e. The second-order valence-electron chi connectivity index (χ2n) is 5.10. The van der Waals surface area contributed by atoms with Crippen LogP contribution in [0, 0.1) is 12.3 Å². The van der Waals surface area contributed by atoms with E-state index in [2.05, 4.69) is 23.1 Å². The number of anilines is 1. The van der Waals surface area contributed by atoms with E-state index in [0.29, 0.717) is 18.0 Å². The quantitative estimate of drug-likeness (QED) is 0.826. The summed E-state index contributed by atoms with van der Waals surface area (Å²) in [5.74, 6) is 3.28. The summed E-state index contributed by atoms with van der Waals surface area (Å²) < 4.78 is 5.29. The Bertz CT molecular complexity index is 662. The van der Waals surface area contributed by atoms with Gasteiger partial charge in [0.2, 0.25) is 0 Å². The van der Waals surface area contributed by atoms with Gasteiger partial charge in [-0.05, 0) is 24.3 Å². The first kappa shape index (κ1) is 16.8. The summed E-state index contributed by atoms with van der Waals surface area (Å²) >= 11 is 1.60. The average Bonchev–Trinajstić information content (AvgIpc) is 3.08. The molecule has 2 aromatic rings. The van der Waals surface area contributed by atoms with Gasteiger partial charge in [0.05, 0.1) is 5.01 Å². The van der Waals surface area contributed by atoms with Crippen molar-refractivity contribution < 1.29 is 9.53 Å². The number of urea groups is 1. The second-order valence-corrected chi connectivity index (χ2v) is 6.03. The van der Waals surface area contributed by atoms with E-state index in [0.717, 1.165) is 5.01 Å². The Kier molecular flexibility index (Phi) is 6.01. The molecule has 1 aromatic carbocycles. The molecule has 0 aliphatic rings. The number of nitrogens with one attached hydrogen (secondary N) is 1. The molecule has 1 heterocycles. The Morgan fingerprint density at radius 1 is 1.48 bits per heavy atom. The van der Waals surface area contributed by atoms with E-state index >= 15 is 0 Å². The molecule has 2 amide bonds. The molecule has 1 N–H and O–H groups in total. The van der Waals surface area contributed by atoms with Gasteiger partial charge in [-0.25, -0.2) is 9.78 Å². The molecule has 1 aromatic heterocycles. The lowest BCUT2D eigenvalue weighted by Gasteiger charge is -2.21. The van der Waals surface area contributed by atoms with Crippen molar-refractivity contribution in [1.29, 1.82) is 0 Å². The normalized spacial score (nSPS) is 11.3. The van der Waals surface area contributed by atoms with Crippen molar-refractivity contribution in [2.75, 3.05) is 25.5 Å². The number of nitrogens with zero attached hydrogens (tertiary/aromatic N) is 2. The third kappa shape index (κ3) is 5.01. The van der Waals surface area contributed by atoms with Gasteiger partial charge in [-0.15, -0.1) is 17.8 Å². The number of hydrogen-bond donors (Lipinski definition) is 1. The van der Waals surface area contributed by atoms with Crippen LogP contribution in [0.2, 0.25) is 0 Å². The number of hydrogen-bond acceptors (Lipinski definition) is 4. The fourth-order valence-corrected chi connectivity index (χ4v) is 2.72. The molecule has 0 spiro atoms. The van der Waals surface area contributed by atoms with Gasteiger partial charge in [0.15, 0.2) is 0 Å². The van der Waals surface area contributed by atoms with Crippen molar-refractivity contribution in [3.63, 3.8) is 0 Å².